The lowest BCUT2D eigenvalue weighted by molar-refractivity contribution is 0.0735. The van der Waals surface area contributed by atoms with Crippen molar-refractivity contribution in [1.82, 2.24) is 19.9 Å². The van der Waals surface area contributed by atoms with Gasteiger partial charge in [0.25, 0.3) is 5.56 Å². The molecule has 7 nitrogen and oxygen atoms in total. The lowest BCUT2D eigenvalue weighted by Gasteiger charge is -2.35. The number of hydrogen-bond donors (Lipinski definition) is 3. The van der Waals surface area contributed by atoms with Gasteiger partial charge in [-0.25, -0.2) is 4.98 Å². The van der Waals surface area contributed by atoms with Crippen LogP contribution in [-0.4, -0.2) is 50.2 Å². The number of benzene rings is 1. The van der Waals surface area contributed by atoms with E-state index in [9.17, 15) is 9.90 Å². The number of aliphatic hydroxyl groups is 1. The number of rotatable bonds is 4. The molecule has 1 aliphatic heterocycles. The molecule has 30 heavy (non-hydrogen) atoms. The molecule has 4 atom stereocenters. The first kappa shape index (κ1) is 19.2. The standard InChI is InChI=1S/C23H27N5O2/c1-14-2-3-15-7-18(23(30)27-19(15)6-14)13-28-11-16-8-20(21(29)9-17(16)12-28)26-22-10-24-4-5-25-22/h2-7,10,16-17,20-21,29H,8-9,11-13H2,1H3,(H,25,26)(H,27,30)/t16-,17+,20-,21-/m1/s1. The molecule has 2 aliphatic rings. The summed E-state index contributed by atoms with van der Waals surface area (Å²) in [5, 5.41) is 15.1. The number of H-pyrrole nitrogens is 1. The first-order valence-electron chi connectivity index (χ1n) is 10.6. The molecule has 0 unspecified atom stereocenters. The van der Waals surface area contributed by atoms with Crippen LogP contribution >= 0.6 is 0 Å². The van der Waals surface area contributed by atoms with Crippen molar-refractivity contribution in [3.63, 3.8) is 0 Å². The van der Waals surface area contributed by atoms with Crippen LogP contribution in [0.2, 0.25) is 0 Å². The number of fused-ring (bicyclic) bond motifs is 2. The van der Waals surface area contributed by atoms with Gasteiger partial charge in [-0.2, -0.15) is 0 Å². The molecule has 3 aromatic rings. The summed E-state index contributed by atoms with van der Waals surface area (Å²) in [5.74, 6) is 1.67. The number of hydrogen-bond acceptors (Lipinski definition) is 6. The second-order valence-corrected chi connectivity index (χ2v) is 8.81. The number of aromatic nitrogens is 3. The highest BCUT2D eigenvalue weighted by atomic mass is 16.3. The quantitative estimate of drug-likeness (QED) is 0.617. The van der Waals surface area contributed by atoms with E-state index in [1.54, 1.807) is 18.6 Å². The summed E-state index contributed by atoms with van der Waals surface area (Å²) in [7, 11) is 0. The van der Waals surface area contributed by atoms with E-state index >= 15 is 0 Å². The summed E-state index contributed by atoms with van der Waals surface area (Å²) in [5.41, 5.74) is 2.82. The van der Waals surface area contributed by atoms with E-state index in [2.05, 4.69) is 37.3 Å². The minimum Gasteiger partial charge on any atom is -0.391 e. The molecule has 7 heteroatoms. The van der Waals surface area contributed by atoms with Crippen molar-refractivity contribution in [2.75, 3.05) is 18.4 Å². The molecule has 0 bridgehead atoms. The molecule has 156 valence electrons. The third-order valence-electron chi connectivity index (χ3n) is 6.59. The first-order chi connectivity index (χ1) is 14.5. The van der Waals surface area contributed by atoms with E-state index in [-0.39, 0.29) is 11.6 Å². The SMILES string of the molecule is Cc1ccc2cc(CN3C[C@H]4C[C@@H](Nc5cnccn5)[C@H](O)C[C@H]4C3)c(=O)[nH]c2c1. The normalized spacial score (nSPS) is 26.6. The largest absolute Gasteiger partial charge is 0.391 e. The van der Waals surface area contributed by atoms with Crippen LogP contribution in [0.3, 0.4) is 0 Å². The van der Waals surface area contributed by atoms with Gasteiger partial charge in [0.15, 0.2) is 0 Å². The summed E-state index contributed by atoms with van der Waals surface area (Å²) in [6.07, 6.45) is 6.25. The topological polar surface area (TPSA) is 94.1 Å². The van der Waals surface area contributed by atoms with Gasteiger partial charge in [-0.3, -0.25) is 14.7 Å². The van der Waals surface area contributed by atoms with E-state index in [1.807, 2.05) is 19.1 Å². The van der Waals surface area contributed by atoms with Crippen LogP contribution in [-0.2, 0) is 6.54 Å². The lowest BCUT2D eigenvalue weighted by atomic mass is 9.77. The molecule has 0 amide bonds. The molecule has 0 radical (unpaired) electrons. The average molecular weight is 406 g/mol. The van der Waals surface area contributed by atoms with Gasteiger partial charge in [0, 0.05) is 43.1 Å². The number of aryl methyl sites for hydroxylation is 1. The summed E-state index contributed by atoms with van der Waals surface area (Å²) in [6, 6.07) is 8.14. The molecule has 1 saturated carbocycles. The van der Waals surface area contributed by atoms with Crippen molar-refractivity contribution in [2.45, 2.75) is 38.5 Å². The van der Waals surface area contributed by atoms with Crippen LogP contribution in [0.5, 0.6) is 0 Å². The van der Waals surface area contributed by atoms with Crippen LogP contribution in [0, 0.1) is 18.8 Å². The summed E-state index contributed by atoms with van der Waals surface area (Å²) >= 11 is 0. The minimum absolute atomic E-state index is 0.00907. The Morgan fingerprint density at radius 3 is 2.83 bits per heavy atom. The van der Waals surface area contributed by atoms with Gasteiger partial charge < -0.3 is 15.4 Å². The van der Waals surface area contributed by atoms with Crippen molar-refractivity contribution in [1.29, 1.82) is 0 Å². The molecule has 1 saturated heterocycles. The zero-order chi connectivity index (χ0) is 20.7. The van der Waals surface area contributed by atoms with Gasteiger partial charge >= 0.3 is 0 Å². The Labute approximate surface area is 175 Å². The van der Waals surface area contributed by atoms with Crippen LogP contribution in [0.1, 0.15) is 24.0 Å². The number of nitrogens with zero attached hydrogens (tertiary/aromatic N) is 3. The monoisotopic (exact) mass is 405 g/mol. The molecule has 5 rings (SSSR count). The van der Waals surface area contributed by atoms with Crippen molar-refractivity contribution in [3.05, 3.63) is 64.3 Å². The first-order valence-corrected chi connectivity index (χ1v) is 10.6. The fourth-order valence-corrected chi connectivity index (χ4v) is 5.09. The average Bonchev–Trinajstić information content (AvgIpc) is 3.11. The third-order valence-corrected chi connectivity index (χ3v) is 6.59. The molecule has 3 N–H and O–H groups in total. The lowest BCUT2D eigenvalue weighted by Crippen LogP contribution is -2.43. The van der Waals surface area contributed by atoms with Crippen LogP contribution in [0.4, 0.5) is 5.82 Å². The summed E-state index contributed by atoms with van der Waals surface area (Å²) < 4.78 is 0. The molecular formula is C23H27N5O2. The highest BCUT2D eigenvalue weighted by molar-refractivity contribution is 5.79. The zero-order valence-corrected chi connectivity index (χ0v) is 17.1. The highest BCUT2D eigenvalue weighted by Crippen LogP contribution is 2.37. The number of aliphatic hydroxyl groups excluding tert-OH is 1. The second-order valence-electron chi connectivity index (χ2n) is 8.81. The molecule has 1 aromatic carbocycles. The Kier molecular flexibility index (Phi) is 5.00. The molecule has 0 spiro atoms. The van der Waals surface area contributed by atoms with Gasteiger partial charge in [0.1, 0.15) is 5.82 Å². The molecule has 2 aromatic heterocycles. The van der Waals surface area contributed by atoms with Gasteiger partial charge in [0.2, 0.25) is 0 Å². The predicted octanol–water partition coefficient (Wildman–Crippen LogP) is 2.31. The molecular weight excluding hydrogens is 378 g/mol. The van der Waals surface area contributed by atoms with Crippen LogP contribution in [0.25, 0.3) is 10.9 Å². The van der Waals surface area contributed by atoms with Gasteiger partial charge in [0.05, 0.1) is 18.3 Å². The maximum atomic E-state index is 12.6. The fourth-order valence-electron chi connectivity index (χ4n) is 5.09. The van der Waals surface area contributed by atoms with Gasteiger partial charge in [-0.05, 0) is 54.7 Å². The highest BCUT2D eigenvalue weighted by Gasteiger charge is 2.41. The van der Waals surface area contributed by atoms with E-state index in [4.69, 9.17) is 0 Å². The van der Waals surface area contributed by atoms with E-state index in [0.717, 1.165) is 48.0 Å². The molecule has 2 fully saturated rings. The number of anilines is 1. The molecule has 1 aliphatic carbocycles. The Morgan fingerprint density at radius 2 is 2.03 bits per heavy atom. The smallest absolute Gasteiger partial charge is 0.252 e. The number of nitrogens with one attached hydrogen (secondary N) is 2. The number of aromatic amines is 1. The van der Waals surface area contributed by atoms with E-state index < -0.39 is 6.10 Å². The Balaban J connectivity index is 1.28. The molecule has 3 heterocycles. The Hall–Kier alpha value is -2.77. The van der Waals surface area contributed by atoms with Crippen molar-refractivity contribution in [3.8, 4) is 0 Å². The fraction of sp³-hybridized carbons (Fsp3) is 0.435. The Bertz CT molecular complexity index is 1100. The van der Waals surface area contributed by atoms with E-state index in [0.29, 0.717) is 24.2 Å². The van der Waals surface area contributed by atoms with Crippen molar-refractivity contribution < 1.29 is 5.11 Å². The van der Waals surface area contributed by atoms with E-state index in [1.165, 1.54) is 0 Å². The van der Waals surface area contributed by atoms with Crippen LogP contribution < -0.4 is 10.9 Å². The van der Waals surface area contributed by atoms with Gasteiger partial charge in [-0.15, -0.1) is 0 Å². The minimum atomic E-state index is -0.402. The second kappa shape index (κ2) is 7.81. The maximum Gasteiger partial charge on any atom is 0.252 e. The maximum absolute atomic E-state index is 12.6. The van der Waals surface area contributed by atoms with Gasteiger partial charge in [-0.1, -0.05) is 12.1 Å². The number of pyridine rings is 1. The Morgan fingerprint density at radius 1 is 1.20 bits per heavy atom. The third kappa shape index (κ3) is 3.82. The number of likely N-dealkylation sites (tertiary alicyclic amines) is 1. The van der Waals surface area contributed by atoms with Crippen molar-refractivity contribution in [2.24, 2.45) is 11.8 Å². The van der Waals surface area contributed by atoms with Crippen LogP contribution in [0.15, 0.2) is 47.7 Å². The predicted molar refractivity (Wildman–Crippen MR) is 116 cm³/mol. The summed E-state index contributed by atoms with van der Waals surface area (Å²) in [6.45, 7) is 4.54. The van der Waals surface area contributed by atoms with Crippen molar-refractivity contribution >= 4 is 16.7 Å². The zero-order valence-electron chi connectivity index (χ0n) is 17.1. The summed E-state index contributed by atoms with van der Waals surface area (Å²) in [4.78, 5) is 26.4.